The lowest BCUT2D eigenvalue weighted by Crippen LogP contribution is -2.35. The summed E-state index contributed by atoms with van der Waals surface area (Å²) < 4.78 is 0. The van der Waals surface area contributed by atoms with Gasteiger partial charge in [0, 0.05) is 30.5 Å². The number of rotatable bonds is 9. The molecule has 4 N–H and O–H groups in total. The lowest BCUT2D eigenvalue weighted by molar-refractivity contribution is -0.118. The summed E-state index contributed by atoms with van der Waals surface area (Å²) in [5, 5.41) is 12.6. The van der Waals surface area contributed by atoms with E-state index in [0.29, 0.717) is 6.04 Å². The van der Waals surface area contributed by atoms with Crippen LogP contribution in [-0.4, -0.2) is 47.9 Å². The number of hydrogen-bond acceptors (Lipinski definition) is 5. The summed E-state index contributed by atoms with van der Waals surface area (Å²) in [6, 6.07) is 17.1. The normalized spacial score (nSPS) is 22.2. The molecule has 0 radical (unpaired) electrons. The van der Waals surface area contributed by atoms with Crippen LogP contribution in [0.3, 0.4) is 0 Å². The predicted molar refractivity (Wildman–Crippen MR) is 144 cm³/mol. The minimum atomic E-state index is -0.0679. The third-order valence-corrected chi connectivity index (χ3v) is 7.81. The van der Waals surface area contributed by atoms with Crippen molar-refractivity contribution in [1.29, 1.82) is 0 Å². The van der Waals surface area contributed by atoms with Crippen LogP contribution in [-0.2, 0) is 22.7 Å². The SMILES string of the molecule is O=C(Nc1ccc(CN(Cc2ccc(NC(=O)[C@@H]3CCCN3)cc2)C2CCCC2)cc1)[C@@H]1CCCN1. The molecule has 3 fully saturated rings. The summed E-state index contributed by atoms with van der Waals surface area (Å²) in [6.45, 7) is 3.61. The lowest BCUT2D eigenvalue weighted by atomic mass is 10.1. The summed E-state index contributed by atoms with van der Waals surface area (Å²) >= 11 is 0. The van der Waals surface area contributed by atoms with Crippen LogP contribution in [0.5, 0.6) is 0 Å². The van der Waals surface area contributed by atoms with Crippen LogP contribution in [0.15, 0.2) is 48.5 Å². The van der Waals surface area contributed by atoms with Crippen molar-refractivity contribution in [2.24, 2.45) is 0 Å². The van der Waals surface area contributed by atoms with Crippen LogP contribution in [0.1, 0.15) is 62.5 Å². The number of benzene rings is 2. The maximum atomic E-state index is 12.4. The van der Waals surface area contributed by atoms with E-state index in [9.17, 15) is 9.59 Å². The molecular formula is C29H39N5O2. The van der Waals surface area contributed by atoms with Gasteiger partial charge in [0.15, 0.2) is 0 Å². The number of nitrogens with zero attached hydrogens (tertiary/aromatic N) is 1. The Kier molecular flexibility index (Phi) is 8.31. The van der Waals surface area contributed by atoms with Gasteiger partial charge in [0.05, 0.1) is 12.1 Å². The second kappa shape index (κ2) is 12.0. The molecular weight excluding hydrogens is 450 g/mol. The average molecular weight is 490 g/mol. The molecule has 7 heteroatoms. The molecule has 0 spiro atoms. The molecule has 0 aromatic heterocycles. The minimum Gasteiger partial charge on any atom is -0.325 e. The second-order valence-electron chi connectivity index (χ2n) is 10.5. The smallest absolute Gasteiger partial charge is 0.241 e. The number of anilines is 2. The van der Waals surface area contributed by atoms with Crippen molar-refractivity contribution in [3.05, 3.63) is 59.7 Å². The van der Waals surface area contributed by atoms with E-state index in [4.69, 9.17) is 0 Å². The quantitative estimate of drug-likeness (QED) is 0.428. The highest BCUT2D eigenvalue weighted by Gasteiger charge is 2.25. The standard InChI is InChI=1S/C29H39N5O2/c35-28(26-7-3-17-30-26)32-23-13-9-21(10-14-23)19-34(25-5-1-2-6-25)20-22-11-15-24(16-12-22)33-29(36)27-8-4-18-31-27/h9-16,25-27,30-31H,1-8,17-20H2,(H,32,35)(H,33,36)/t26-,27-/m0/s1. The molecule has 2 amide bonds. The van der Waals surface area contributed by atoms with Crippen LogP contribution >= 0.6 is 0 Å². The number of carbonyl (C=O) groups is 2. The predicted octanol–water partition coefficient (Wildman–Crippen LogP) is 4.01. The fourth-order valence-corrected chi connectivity index (χ4v) is 5.71. The van der Waals surface area contributed by atoms with Gasteiger partial charge < -0.3 is 21.3 Å². The van der Waals surface area contributed by atoms with Gasteiger partial charge in [0.1, 0.15) is 0 Å². The van der Waals surface area contributed by atoms with Gasteiger partial charge in [-0.3, -0.25) is 14.5 Å². The van der Waals surface area contributed by atoms with E-state index in [-0.39, 0.29) is 23.9 Å². The van der Waals surface area contributed by atoms with Gasteiger partial charge in [0.25, 0.3) is 0 Å². The van der Waals surface area contributed by atoms with Gasteiger partial charge in [-0.2, -0.15) is 0 Å². The van der Waals surface area contributed by atoms with Gasteiger partial charge in [-0.05, 0) is 87.0 Å². The van der Waals surface area contributed by atoms with Crippen molar-refractivity contribution < 1.29 is 9.59 Å². The molecule has 1 saturated carbocycles. The topological polar surface area (TPSA) is 85.5 Å². The zero-order chi connectivity index (χ0) is 24.7. The summed E-state index contributed by atoms with van der Waals surface area (Å²) in [5.41, 5.74) is 4.23. The van der Waals surface area contributed by atoms with E-state index in [2.05, 4.69) is 50.4 Å². The zero-order valence-corrected chi connectivity index (χ0v) is 21.1. The summed E-state index contributed by atoms with van der Waals surface area (Å²) in [5.74, 6) is 0.124. The fourth-order valence-electron chi connectivity index (χ4n) is 5.71. The third-order valence-electron chi connectivity index (χ3n) is 7.81. The van der Waals surface area contributed by atoms with Crippen LogP contribution in [0.25, 0.3) is 0 Å². The van der Waals surface area contributed by atoms with Crippen molar-refractivity contribution in [2.75, 3.05) is 23.7 Å². The van der Waals surface area contributed by atoms with Gasteiger partial charge >= 0.3 is 0 Å². The van der Waals surface area contributed by atoms with E-state index >= 15 is 0 Å². The monoisotopic (exact) mass is 489 g/mol. The average Bonchev–Trinajstić information content (AvgIpc) is 3.69. The van der Waals surface area contributed by atoms with Crippen molar-refractivity contribution in [1.82, 2.24) is 15.5 Å². The fraction of sp³-hybridized carbons (Fsp3) is 0.517. The molecule has 3 aliphatic rings. The Labute approximate surface area is 214 Å². The second-order valence-corrected chi connectivity index (χ2v) is 10.5. The van der Waals surface area contributed by atoms with E-state index in [1.165, 1.54) is 36.8 Å². The molecule has 2 aromatic carbocycles. The van der Waals surface area contributed by atoms with Crippen molar-refractivity contribution >= 4 is 23.2 Å². The molecule has 7 nitrogen and oxygen atoms in total. The number of hydrogen-bond donors (Lipinski definition) is 4. The van der Waals surface area contributed by atoms with Crippen molar-refractivity contribution in [2.45, 2.75) is 82.6 Å². The largest absolute Gasteiger partial charge is 0.325 e. The van der Waals surface area contributed by atoms with Crippen molar-refractivity contribution in [3.63, 3.8) is 0 Å². The highest BCUT2D eigenvalue weighted by molar-refractivity contribution is 5.95. The first-order valence-corrected chi connectivity index (χ1v) is 13.6. The number of amides is 2. The molecule has 5 rings (SSSR count). The van der Waals surface area contributed by atoms with Gasteiger partial charge in [-0.1, -0.05) is 37.1 Å². The van der Waals surface area contributed by atoms with Gasteiger partial charge in [0.2, 0.25) is 11.8 Å². The molecule has 0 bridgehead atoms. The summed E-state index contributed by atoms with van der Waals surface area (Å²) in [7, 11) is 0. The molecule has 36 heavy (non-hydrogen) atoms. The Hall–Kier alpha value is -2.74. The third kappa shape index (κ3) is 6.52. The van der Waals surface area contributed by atoms with Crippen molar-refractivity contribution in [3.8, 4) is 0 Å². The maximum Gasteiger partial charge on any atom is 0.241 e. The molecule has 2 atom stereocenters. The Balaban J connectivity index is 1.19. The first-order chi connectivity index (χ1) is 17.6. The van der Waals surface area contributed by atoms with Crippen LogP contribution < -0.4 is 21.3 Å². The molecule has 1 aliphatic carbocycles. The Morgan fingerprint density at radius 1 is 0.667 bits per heavy atom. The number of nitrogens with one attached hydrogen (secondary N) is 4. The van der Waals surface area contributed by atoms with E-state index in [0.717, 1.165) is 63.2 Å². The van der Waals surface area contributed by atoms with E-state index in [1.54, 1.807) is 0 Å². The number of carbonyl (C=O) groups excluding carboxylic acids is 2. The molecule has 2 saturated heterocycles. The van der Waals surface area contributed by atoms with Crippen LogP contribution in [0.2, 0.25) is 0 Å². The van der Waals surface area contributed by atoms with Crippen LogP contribution in [0, 0.1) is 0 Å². The summed E-state index contributed by atoms with van der Waals surface area (Å²) in [6.07, 6.45) is 9.00. The van der Waals surface area contributed by atoms with E-state index in [1.807, 2.05) is 24.3 Å². The first-order valence-electron chi connectivity index (χ1n) is 13.6. The molecule has 2 aromatic rings. The summed E-state index contributed by atoms with van der Waals surface area (Å²) in [4.78, 5) is 27.4. The Bertz CT molecular complexity index is 929. The lowest BCUT2D eigenvalue weighted by Gasteiger charge is -2.29. The molecule has 192 valence electrons. The van der Waals surface area contributed by atoms with Gasteiger partial charge in [-0.25, -0.2) is 0 Å². The first kappa shape index (κ1) is 24.9. The van der Waals surface area contributed by atoms with Gasteiger partial charge in [-0.15, -0.1) is 0 Å². The maximum absolute atomic E-state index is 12.4. The molecule has 0 unspecified atom stereocenters. The molecule has 2 heterocycles. The minimum absolute atomic E-state index is 0.0620. The van der Waals surface area contributed by atoms with Crippen LogP contribution in [0.4, 0.5) is 11.4 Å². The molecule has 2 aliphatic heterocycles. The highest BCUT2D eigenvalue weighted by Crippen LogP contribution is 2.27. The zero-order valence-electron chi connectivity index (χ0n) is 21.1. The Morgan fingerprint density at radius 3 is 1.50 bits per heavy atom. The Morgan fingerprint density at radius 2 is 1.11 bits per heavy atom. The van der Waals surface area contributed by atoms with E-state index < -0.39 is 0 Å². The highest BCUT2D eigenvalue weighted by atomic mass is 16.2.